The summed E-state index contributed by atoms with van der Waals surface area (Å²) in [6.45, 7) is 8.23. The summed E-state index contributed by atoms with van der Waals surface area (Å²) in [6.07, 6.45) is 0.256. The van der Waals surface area contributed by atoms with E-state index in [1.807, 2.05) is 51.1 Å². The van der Waals surface area contributed by atoms with Crippen LogP contribution in [0.3, 0.4) is 0 Å². The summed E-state index contributed by atoms with van der Waals surface area (Å²) in [6, 6.07) is 16.3. The number of carbonyl (C=O) groups excluding carboxylic acids is 2. The molecule has 2 amide bonds. The number of ether oxygens (including phenoxy) is 2. The number of morpholine rings is 1. The van der Waals surface area contributed by atoms with Gasteiger partial charge in [0.1, 0.15) is 17.7 Å². The van der Waals surface area contributed by atoms with Gasteiger partial charge in [-0.3, -0.25) is 4.79 Å². The van der Waals surface area contributed by atoms with Crippen LogP contribution in [0.2, 0.25) is 0 Å². The van der Waals surface area contributed by atoms with Gasteiger partial charge in [-0.1, -0.05) is 48.0 Å². The molecule has 0 spiro atoms. The summed E-state index contributed by atoms with van der Waals surface area (Å²) in [5.41, 5.74) is 3.17. The Balaban J connectivity index is 1.68. The Morgan fingerprint density at radius 2 is 1.87 bits per heavy atom. The van der Waals surface area contributed by atoms with E-state index < -0.39 is 25.3 Å². The molecule has 0 saturated carbocycles. The Bertz CT molecular complexity index is 1180. The largest absolute Gasteiger partial charge is 0.475 e. The molecule has 1 saturated heterocycles. The lowest BCUT2D eigenvalue weighted by molar-refractivity contribution is -0.139. The van der Waals surface area contributed by atoms with Gasteiger partial charge in [-0.2, -0.15) is 5.26 Å². The van der Waals surface area contributed by atoms with Crippen molar-refractivity contribution >= 4 is 25.2 Å². The zero-order valence-corrected chi connectivity index (χ0v) is 22.1. The van der Waals surface area contributed by atoms with Gasteiger partial charge in [0.05, 0.1) is 31.2 Å². The number of hydrogen-bond donors (Lipinski definition) is 3. The number of nitrogens with one attached hydrogen (secondary N) is 1. The number of nitriles is 1. The predicted octanol–water partition coefficient (Wildman–Crippen LogP) is 2.95. The number of nitrogens with zero attached hydrogens (tertiary/aromatic N) is 2. The van der Waals surface area contributed by atoms with Gasteiger partial charge in [0.2, 0.25) is 0 Å². The third kappa shape index (κ3) is 7.68. The van der Waals surface area contributed by atoms with Gasteiger partial charge < -0.3 is 29.7 Å². The van der Waals surface area contributed by atoms with E-state index in [1.165, 1.54) is 6.08 Å². The van der Waals surface area contributed by atoms with Crippen LogP contribution in [0.5, 0.6) is 0 Å². The molecule has 0 radical (unpaired) electrons. The third-order valence-corrected chi connectivity index (χ3v) is 6.47. The number of rotatable bonds is 8. The van der Waals surface area contributed by atoms with Crippen LogP contribution in [0.15, 0.2) is 54.1 Å². The van der Waals surface area contributed by atoms with Crippen LogP contribution < -0.4 is 5.32 Å². The van der Waals surface area contributed by atoms with Crippen LogP contribution in [-0.4, -0.2) is 65.3 Å². The molecular weight excluding hydrogens is 485 g/mol. The van der Waals surface area contributed by atoms with Crippen molar-refractivity contribution in [2.75, 3.05) is 13.2 Å². The number of carbonyl (C=O) groups is 2. The molecule has 1 fully saturated rings. The van der Waals surface area contributed by atoms with E-state index in [4.69, 9.17) is 9.47 Å². The summed E-state index contributed by atoms with van der Waals surface area (Å²) in [7, 11) is -1.77. The van der Waals surface area contributed by atoms with Crippen molar-refractivity contribution in [1.29, 1.82) is 5.26 Å². The lowest BCUT2D eigenvalue weighted by Gasteiger charge is -2.38. The molecule has 0 bridgehead atoms. The van der Waals surface area contributed by atoms with Gasteiger partial charge in [-0.25, -0.2) is 4.79 Å². The number of alkyl carbamates (subject to hydrolysis) is 1. The first kappa shape index (κ1) is 28.9. The molecule has 0 aromatic heterocycles. The molecule has 3 rings (SSSR count). The second-order valence-electron chi connectivity index (χ2n) is 9.69. The minimum Gasteiger partial charge on any atom is -0.442 e. The highest BCUT2D eigenvalue weighted by atomic mass is 16.6. The maximum atomic E-state index is 13.1. The van der Waals surface area contributed by atoms with Crippen molar-refractivity contribution in [2.45, 2.75) is 58.2 Å². The molecule has 1 unspecified atom stereocenters. The Hall–Kier alpha value is -3.65. The van der Waals surface area contributed by atoms with Gasteiger partial charge in [0.15, 0.2) is 0 Å². The molecule has 1 aliphatic heterocycles. The van der Waals surface area contributed by atoms with Crippen LogP contribution >= 0.6 is 0 Å². The maximum absolute atomic E-state index is 13.1. The van der Waals surface area contributed by atoms with Gasteiger partial charge in [0.25, 0.3) is 5.91 Å². The Kier molecular flexibility index (Phi) is 10.1. The molecular formula is C28H34BN3O6. The Labute approximate surface area is 223 Å². The van der Waals surface area contributed by atoms with Crippen molar-refractivity contribution in [3.63, 3.8) is 0 Å². The van der Waals surface area contributed by atoms with E-state index in [-0.39, 0.29) is 30.0 Å². The minimum atomic E-state index is -1.77. The molecule has 10 heteroatoms. The number of amides is 2. The van der Waals surface area contributed by atoms with Crippen LogP contribution in [0.25, 0.3) is 6.08 Å². The standard InChI is InChI=1S/C28H34BN3O6/c1-18-8-10-22(11-9-18)14-26(29(35)36)31-28(34)38-21(4)24-7-5-6-23(12-24)13-25(15-30)27(33)32-19(2)16-37-17-20(32)3/h5-13,19-21,26,35-36H,14,16-17H2,1-4H3,(H,31,34)/t19-,20-,21?,26+/m1/s1. The zero-order chi connectivity index (χ0) is 27.8. The highest BCUT2D eigenvalue weighted by molar-refractivity contribution is 6.43. The Morgan fingerprint density at radius 3 is 2.47 bits per heavy atom. The SMILES string of the molecule is Cc1ccc(C[C@H](NC(=O)OC(C)c2cccc(C=C(C#N)C(=O)N3[C@H](C)COC[C@H]3C)c2)B(O)O)cc1. The summed E-state index contributed by atoms with van der Waals surface area (Å²) in [5, 5.41) is 31.7. The van der Waals surface area contributed by atoms with E-state index in [1.54, 1.807) is 36.1 Å². The maximum Gasteiger partial charge on any atom is 0.475 e. The van der Waals surface area contributed by atoms with E-state index in [2.05, 4.69) is 5.32 Å². The van der Waals surface area contributed by atoms with Crippen molar-refractivity contribution in [3.8, 4) is 6.07 Å². The van der Waals surface area contributed by atoms with E-state index >= 15 is 0 Å². The molecule has 3 N–H and O–H groups in total. The van der Waals surface area contributed by atoms with E-state index in [9.17, 15) is 24.9 Å². The summed E-state index contributed by atoms with van der Waals surface area (Å²) < 4.78 is 11.0. The van der Waals surface area contributed by atoms with E-state index in [0.29, 0.717) is 24.3 Å². The summed E-state index contributed by atoms with van der Waals surface area (Å²) in [5.74, 6) is -1.31. The highest BCUT2D eigenvalue weighted by Gasteiger charge is 2.31. The normalized spacial score (nSPS) is 19.2. The average Bonchev–Trinajstić information content (AvgIpc) is 2.88. The molecule has 38 heavy (non-hydrogen) atoms. The fourth-order valence-corrected chi connectivity index (χ4v) is 4.38. The molecule has 9 nitrogen and oxygen atoms in total. The number of hydrogen-bond acceptors (Lipinski definition) is 7. The first-order valence-electron chi connectivity index (χ1n) is 12.6. The molecule has 1 aliphatic rings. The second kappa shape index (κ2) is 13.2. The van der Waals surface area contributed by atoms with Gasteiger partial charge >= 0.3 is 13.2 Å². The molecule has 1 heterocycles. The lowest BCUT2D eigenvalue weighted by atomic mass is 9.76. The second-order valence-corrected chi connectivity index (χ2v) is 9.69. The highest BCUT2D eigenvalue weighted by Crippen LogP contribution is 2.22. The minimum absolute atomic E-state index is 0.00458. The zero-order valence-electron chi connectivity index (χ0n) is 22.1. The van der Waals surface area contributed by atoms with Gasteiger partial charge in [-0.05, 0) is 62.9 Å². The van der Waals surface area contributed by atoms with Gasteiger partial charge in [-0.15, -0.1) is 0 Å². The molecule has 0 aliphatic carbocycles. The van der Waals surface area contributed by atoms with Crippen LogP contribution in [0.4, 0.5) is 4.79 Å². The van der Waals surface area contributed by atoms with Crippen molar-refractivity contribution in [3.05, 3.63) is 76.4 Å². The first-order valence-corrected chi connectivity index (χ1v) is 12.6. The van der Waals surface area contributed by atoms with Crippen LogP contribution in [0, 0.1) is 18.3 Å². The summed E-state index contributed by atoms with van der Waals surface area (Å²) >= 11 is 0. The van der Waals surface area contributed by atoms with Crippen LogP contribution in [0.1, 0.15) is 49.1 Å². The average molecular weight is 519 g/mol. The molecule has 2 aromatic carbocycles. The number of aryl methyl sites for hydroxylation is 1. The quantitative estimate of drug-likeness (QED) is 0.278. The van der Waals surface area contributed by atoms with Gasteiger partial charge in [0, 0.05) is 0 Å². The molecule has 200 valence electrons. The Morgan fingerprint density at radius 1 is 1.21 bits per heavy atom. The fourth-order valence-electron chi connectivity index (χ4n) is 4.38. The topological polar surface area (TPSA) is 132 Å². The van der Waals surface area contributed by atoms with Crippen molar-refractivity contribution in [2.24, 2.45) is 0 Å². The first-order chi connectivity index (χ1) is 18.1. The van der Waals surface area contributed by atoms with E-state index in [0.717, 1.165) is 11.1 Å². The monoisotopic (exact) mass is 519 g/mol. The molecule has 2 aromatic rings. The number of benzene rings is 2. The smallest absolute Gasteiger partial charge is 0.442 e. The lowest BCUT2D eigenvalue weighted by Crippen LogP contribution is -2.52. The summed E-state index contributed by atoms with van der Waals surface area (Å²) in [4.78, 5) is 27.3. The predicted molar refractivity (Wildman–Crippen MR) is 144 cm³/mol. The van der Waals surface area contributed by atoms with Crippen molar-refractivity contribution < 1.29 is 29.1 Å². The van der Waals surface area contributed by atoms with Crippen molar-refractivity contribution in [1.82, 2.24) is 10.2 Å². The van der Waals surface area contributed by atoms with Crippen LogP contribution in [-0.2, 0) is 20.7 Å². The third-order valence-electron chi connectivity index (χ3n) is 6.47. The molecule has 4 atom stereocenters. The fraction of sp³-hybridized carbons (Fsp3) is 0.393.